The zero-order valence-corrected chi connectivity index (χ0v) is 11.8. The van der Waals surface area contributed by atoms with Crippen molar-refractivity contribution in [1.82, 2.24) is 0 Å². The summed E-state index contributed by atoms with van der Waals surface area (Å²) in [5, 5.41) is 12.2. The second-order valence-electron chi connectivity index (χ2n) is 5.73. The molecule has 3 rings (SSSR count). The molecule has 2 aliphatic carbocycles. The fraction of sp³-hybridized carbons (Fsp3) is 0.467. The van der Waals surface area contributed by atoms with E-state index in [2.05, 4.69) is 17.9 Å². The van der Waals surface area contributed by atoms with E-state index in [-0.39, 0.29) is 17.7 Å². The van der Waals surface area contributed by atoms with Crippen LogP contribution in [0.15, 0.2) is 29.2 Å². The molecule has 0 heterocycles. The molecule has 2 aliphatic rings. The molecule has 2 saturated carbocycles. The molecular formula is C15H17NO3S. The summed E-state index contributed by atoms with van der Waals surface area (Å²) in [6, 6.07) is 7.25. The van der Waals surface area contributed by atoms with Crippen LogP contribution >= 0.6 is 12.6 Å². The van der Waals surface area contributed by atoms with Gasteiger partial charge in [0.05, 0.1) is 17.5 Å². The lowest BCUT2D eigenvalue weighted by Crippen LogP contribution is -2.37. The molecule has 2 N–H and O–H groups in total. The number of nitrogens with one attached hydrogen (secondary N) is 1. The molecule has 0 aliphatic heterocycles. The lowest BCUT2D eigenvalue weighted by Gasteiger charge is -2.27. The van der Waals surface area contributed by atoms with E-state index in [0.717, 1.165) is 19.3 Å². The SMILES string of the molecule is O=C(Nc1ccccc1S)[C@@H]1[C@@H]2CC[C@@H](C2)[C@@H]1C(=O)O. The van der Waals surface area contributed by atoms with Gasteiger partial charge in [0, 0.05) is 4.90 Å². The summed E-state index contributed by atoms with van der Waals surface area (Å²) in [4.78, 5) is 24.6. The van der Waals surface area contributed by atoms with Crippen molar-refractivity contribution in [3.63, 3.8) is 0 Å². The van der Waals surface area contributed by atoms with Gasteiger partial charge < -0.3 is 10.4 Å². The van der Waals surface area contributed by atoms with Crippen molar-refractivity contribution >= 4 is 30.2 Å². The Bertz CT molecular complexity index is 560. The fourth-order valence-corrected chi connectivity index (χ4v) is 4.04. The highest BCUT2D eigenvalue weighted by molar-refractivity contribution is 7.80. The van der Waals surface area contributed by atoms with Crippen molar-refractivity contribution in [2.45, 2.75) is 24.2 Å². The minimum absolute atomic E-state index is 0.166. The molecule has 2 fully saturated rings. The first-order valence-corrected chi connectivity index (χ1v) is 7.34. The highest BCUT2D eigenvalue weighted by atomic mass is 32.1. The quantitative estimate of drug-likeness (QED) is 0.750. The molecule has 0 saturated heterocycles. The highest BCUT2D eigenvalue weighted by Gasteiger charge is 2.53. The number of hydrogen-bond donors (Lipinski definition) is 3. The number of rotatable bonds is 3. The lowest BCUT2D eigenvalue weighted by molar-refractivity contribution is -0.148. The molecule has 5 heteroatoms. The Balaban J connectivity index is 1.80. The molecule has 20 heavy (non-hydrogen) atoms. The van der Waals surface area contributed by atoms with Gasteiger partial charge in [0.2, 0.25) is 5.91 Å². The van der Waals surface area contributed by atoms with Gasteiger partial charge in [-0.3, -0.25) is 9.59 Å². The van der Waals surface area contributed by atoms with Crippen LogP contribution in [0.3, 0.4) is 0 Å². The van der Waals surface area contributed by atoms with Gasteiger partial charge in [-0.2, -0.15) is 0 Å². The molecule has 1 aromatic carbocycles. The molecular weight excluding hydrogens is 274 g/mol. The average Bonchev–Trinajstić information content (AvgIpc) is 3.01. The van der Waals surface area contributed by atoms with E-state index in [9.17, 15) is 14.7 Å². The number of thiol groups is 1. The first-order chi connectivity index (χ1) is 9.58. The normalized spacial score (nSPS) is 31.2. The van der Waals surface area contributed by atoms with Crippen molar-refractivity contribution in [3.8, 4) is 0 Å². The van der Waals surface area contributed by atoms with Gasteiger partial charge in [-0.1, -0.05) is 12.1 Å². The molecule has 106 valence electrons. The number of carbonyl (C=O) groups excluding carboxylic acids is 1. The number of anilines is 1. The zero-order chi connectivity index (χ0) is 14.3. The third-order valence-corrected chi connectivity index (χ3v) is 5.06. The number of aliphatic carboxylic acids is 1. The Morgan fingerprint density at radius 2 is 1.80 bits per heavy atom. The molecule has 0 unspecified atom stereocenters. The van der Waals surface area contributed by atoms with Crippen molar-refractivity contribution in [3.05, 3.63) is 24.3 Å². The number of para-hydroxylation sites is 1. The van der Waals surface area contributed by atoms with Crippen LogP contribution in [-0.2, 0) is 9.59 Å². The second-order valence-corrected chi connectivity index (χ2v) is 6.21. The number of hydrogen-bond acceptors (Lipinski definition) is 3. The van der Waals surface area contributed by atoms with Crippen molar-refractivity contribution in [1.29, 1.82) is 0 Å². The summed E-state index contributed by atoms with van der Waals surface area (Å²) in [6.45, 7) is 0. The topological polar surface area (TPSA) is 66.4 Å². The molecule has 4 nitrogen and oxygen atoms in total. The van der Waals surface area contributed by atoms with Gasteiger partial charge in [0.1, 0.15) is 0 Å². The Hall–Kier alpha value is -1.49. The van der Waals surface area contributed by atoms with Gasteiger partial charge in [0.25, 0.3) is 0 Å². The summed E-state index contributed by atoms with van der Waals surface area (Å²) < 4.78 is 0. The molecule has 0 spiro atoms. The van der Waals surface area contributed by atoms with E-state index < -0.39 is 17.8 Å². The Kier molecular flexibility index (Phi) is 3.46. The van der Waals surface area contributed by atoms with Gasteiger partial charge in [-0.05, 0) is 43.2 Å². The molecule has 1 amide bonds. The van der Waals surface area contributed by atoms with Gasteiger partial charge in [-0.15, -0.1) is 12.6 Å². The van der Waals surface area contributed by atoms with Crippen molar-refractivity contribution < 1.29 is 14.7 Å². The largest absolute Gasteiger partial charge is 0.481 e. The molecule has 2 bridgehead atoms. The van der Waals surface area contributed by atoms with Crippen LogP contribution in [0.2, 0.25) is 0 Å². The zero-order valence-electron chi connectivity index (χ0n) is 11.0. The van der Waals surface area contributed by atoms with E-state index in [1.807, 2.05) is 12.1 Å². The fourth-order valence-electron chi connectivity index (χ4n) is 3.82. The van der Waals surface area contributed by atoms with Crippen LogP contribution in [-0.4, -0.2) is 17.0 Å². The number of fused-ring (bicyclic) bond motifs is 2. The number of carbonyl (C=O) groups is 2. The molecule has 0 aromatic heterocycles. The summed E-state index contributed by atoms with van der Waals surface area (Å²) in [5.74, 6) is -1.56. The number of amides is 1. The van der Waals surface area contributed by atoms with Crippen LogP contribution < -0.4 is 5.32 Å². The summed E-state index contributed by atoms with van der Waals surface area (Å²) >= 11 is 4.30. The average molecular weight is 291 g/mol. The first kappa shape index (κ1) is 13.5. The Labute approximate surface area is 123 Å². The molecule has 0 radical (unpaired) electrons. The minimum atomic E-state index is -0.837. The summed E-state index contributed by atoms with van der Waals surface area (Å²) in [7, 11) is 0. The smallest absolute Gasteiger partial charge is 0.307 e. The maximum Gasteiger partial charge on any atom is 0.307 e. The predicted molar refractivity (Wildman–Crippen MR) is 77.8 cm³/mol. The van der Waals surface area contributed by atoms with Crippen LogP contribution in [0, 0.1) is 23.7 Å². The number of benzene rings is 1. The van der Waals surface area contributed by atoms with Gasteiger partial charge in [-0.25, -0.2) is 0 Å². The minimum Gasteiger partial charge on any atom is -0.481 e. The van der Waals surface area contributed by atoms with Crippen LogP contribution in [0.4, 0.5) is 5.69 Å². The predicted octanol–water partition coefficient (Wildman–Crippen LogP) is 2.66. The number of carboxylic acids is 1. The summed E-state index contributed by atoms with van der Waals surface area (Å²) in [5.41, 5.74) is 0.646. The third kappa shape index (κ3) is 2.20. The van der Waals surface area contributed by atoms with Crippen LogP contribution in [0.1, 0.15) is 19.3 Å². The third-order valence-electron chi connectivity index (χ3n) is 4.67. The number of carboxylic acid groups (broad SMARTS) is 1. The summed E-state index contributed by atoms with van der Waals surface area (Å²) in [6.07, 6.45) is 2.78. The monoisotopic (exact) mass is 291 g/mol. The van der Waals surface area contributed by atoms with E-state index >= 15 is 0 Å². The lowest BCUT2D eigenvalue weighted by atomic mass is 9.78. The van der Waals surface area contributed by atoms with E-state index in [0.29, 0.717) is 10.6 Å². The van der Waals surface area contributed by atoms with Crippen LogP contribution in [0.5, 0.6) is 0 Å². The highest BCUT2D eigenvalue weighted by Crippen LogP contribution is 2.52. The Morgan fingerprint density at radius 3 is 2.45 bits per heavy atom. The van der Waals surface area contributed by atoms with E-state index in [1.165, 1.54) is 0 Å². The van der Waals surface area contributed by atoms with Gasteiger partial charge >= 0.3 is 5.97 Å². The van der Waals surface area contributed by atoms with Crippen molar-refractivity contribution in [2.24, 2.45) is 23.7 Å². The second kappa shape index (κ2) is 5.13. The van der Waals surface area contributed by atoms with Crippen molar-refractivity contribution in [2.75, 3.05) is 5.32 Å². The maximum absolute atomic E-state index is 12.5. The molecule has 4 atom stereocenters. The van der Waals surface area contributed by atoms with E-state index in [1.54, 1.807) is 12.1 Å². The van der Waals surface area contributed by atoms with Crippen LogP contribution in [0.25, 0.3) is 0 Å². The first-order valence-electron chi connectivity index (χ1n) is 6.89. The maximum atomic E-state index is 12.5. The van der Waals surface area contributed by atoms with E-state index in [4.69, 9.17) is 0 Å². The Morgan fingerprint density at radius 1 is 1.15 bits per heavy atom. The standard InChI is InChI=1S/C15H17NO3S/c17-14(16-10-3-1-2-4-11(10)20)12-8-5-6-9(7-8)13(12)15(18)19/h1-4,8-9,12-13,20H,5-7H2,(H,16,17)(H,18,19)/t8-,9+,12-,13+/m1/s1. The van der Waals surface area contributed by atoms with Gasteiger partial charge in [0.15, 0.2) is 0 Å². The molecule has 1 aromatic rings.